The number of rotatable bonds is 2. The highest BCUT2D eigenvalue weighted by atomic mass is 32.1. The molecule has 1 aromatic heterocycles. The number of benzene rings is 2. The van der Waals surface area contributed by atoms with Crippen molar-refractivity contribution >= 4 is 11.3 Å². The predicted molar refractivity (Wildman–Crippen MR) is 69.1 cm³/mol. The molecule has 3 rings (SSSR count). The van der Waals surface area contributed by atoms with E-state index in [2.05, 4.69) is 29.4 Å². The standard InChI is InChI=1S/C14H11N2S/c1-3-7-12(8-4-1)14-15-16(11-17-14)13-9-5-2-6-10-13/h1-11H/q+1. The molecule has 2 nitrogen and oxygen atoms in total. The average Bonchev–Trinajstić information content (AvgIpc) is 2.90. The highest BCUT2D eigenvalue weighted by molar-refractivity contribution is 7.12. The summed E-state index contributed by atoms with van der Waals surface area (Å²) >= 11 is 1.65. The van der Waals surface area contributed by atoms with Gasteiger partial charge >= 0.3 is 0 Å². The third-order valence-corrected chi connectivity index (χ3v) is 3.35. The first-order chi connectivity index (χ1) is 8.43. The lowest BCUT2D eigenvalue weighted by molar-refractivity contribution is -0.653. The van der Waals surface area contributed by atoms with E-state index < -0.39 is 0 Å². The molecule has 0 radical (unpaired) electrons. The summed E-state index contributed by atoms with van der Waals surface area (Å²) in [4.78, 5) is 0. The third kappa shape index (κ3) is 2.10. The van der Waals surface area contributed by atoms with Crippen molar-refractivity contribution in [1.82, 2.24) is 5.10 Å². The fraction of sp³-hybridized carbons (Fsp3) is 0. The van der Waals surface area contributed by atoms with Gasteiger partial charge in [0.15, 0.2) is 5.01 Å². The zero-order valence-electron chi connectivity index (χ0n) is 9.15. The van der Waals surface area contributed by atoms with E-state index >= 15 is 0 Å². The van der Waals surface area contributed by atoms with Crippen molar-refractivity contribution in [2.75, 3.05) is 0 Å². The molecular weight excluding hydrogens is 228 g/mol. The Morgan fingerprint density at radius 1 is 0.824 bits per heavy atom. The first-order valence-electron chi connectivity index (χ1n) is 5.42. The SMILES string of the molecule is c1ccc(-c2n[n+](-c3ccccc3)cs2)cc1. The lowest BCUT2D eigenvalue weighted by Gasteiger charge is -1.90. The van der Waals surface area contributed by atoms with E-state index in [0.717, 1.165) is 16.3 Å². The Morgan fingerprint density at radius 2 is 1.47 bits per heavy atom. The molecule has 0 aliphatic rings. The Labute approximate surface area is 104 Å². The zero-order valence-corrected chi connectivity index (χ0v) is 9.97. The largest absolute Gasteiger partial charge is 0.260 e. The van der Waals surface area contributed by atoms with E-state index in [0.29, 0.717) is 0 Å². The van der Waals surface area contributed by atoms with Crippen LogP contribution in [0.25, 0.3) is 16.3 Å². The van der Waals surface area contributed by atoms with Gasteiger partial charge < -0.3 is 0 Å². The van der Waals surface area contributed by atoms with Crippen molar-refractivity contribution in [2.45, 2.75) is 0 Å². The fourth-order valence-electron chi connectivity index (χ4n) is 1.65. The minimum Gasteiger partial charge on any atom is -0.0622 e. The second-order valence-electron chi connectivity index (χ2n) is 3.67. The minimum absolute atomic E-state index is 1.04. The van der Waals surface area contributed by atoms with Crippen LogP contribution in [-0.2, 0) is 0 Å². The second kappa shape index (κ2) is 4.47. The molecule has 0 unspecified atom stereocenters. The molecule has 82 valence electrons. The van der Waals surface area contributed by atoms with Gasteiger partial charge in [-0.2, -0.15) is 0 Å². The van der Waals surface area contributed by atoms with Crippen LogP contribution in [0.3, 0.4) is 0 Å². The summed E-state index contributed by atoms with van der Waals surface area (Å²) in [6.07, 6.45) is 0. The molecule has 0 fully saturated rings. The maximum absolute atomic E-state index is 4.59. The third-order valence-electron chi connectivity index (χ3n) is 2.50. The molecule has 0 aliphatic carbocycles. The van der Waals surface area contributed by atoms with Crippen LogP contribution in [0.15, 0.2) is 66.2 Å². The van der Waals surface area contributed by atoms with Gasteiger partial charge in [0.25, 0.3) is 5.51 Å². The highest BCUT2D eigenvalue weighted by Crippen LogP contribution is 2.19. The molecule has 0 bridgehead atoms. The van der Waals surface area contributed by atoms with Gasteiger partial charge in [-0.1, -0.05) is 48.5 Å². The summed E-state index contributed by atoms with van der Waals surface area (Å²) in [6.45, 7) is 0. The summed E-state index contributed by atoms with van der Waals surface area (Å²) in [5, 5.41) is 5.62. The van der Waals surface area contributed by atoms with Gasteiger partial charge in [-0.05, 0) is 16.0 Å². The van der Waals surface area contributed by atoms with Gasteiger partial charge in [-0.15, -0.1) is 0 Å². The Kier molecular flexibility index (Phi) is 2.68. The quantitative estimate of drug-likeness (QED) is 0.628. The van der Waals surface area contributed by atoms with Crippen LogP contribution >= 0.6 is 11.3 Å². The first-order valence-corrected chi connectivity index (χ1v) is 6.30. The Balaban J connectivity index is 1.99. The van der Waals surface area contributed by atoms with Gasteiger partial charge in [-0.3, -0.25) is 0 Å². The van der Waals surface area contributed by atoms with Crippen molar-refractivity contribution in [3.63, 3.8) is 0 Å². The number of hydrogen-bond acceptors (Lipinski definition) is 2. The number of para-hydroxylation sites is 1. The highest BCUT2D eigenvalue weighted by Gasteiger charge is 2.12. The molecule has 17 heavy (non-hydrogen) atoms. The predicted octanol–water partition coefficient (Wildman–Crippen LogP) is 3.09. The Morgan fingerprint density at radius 3 is 2.18 bits per heavy atom. The number of aromatic nitrogens is 2. The summed E-state index contributed by atoms with van der Waals surface area (Å²) in [5.41, 5.74) is 4.27. The summed E-state index contributed by atoms with van der Waals surface area (Å²) in [6, 6.07) is 20.4. The maximum atomic E-state index is 4.59. The van der Waals surface area contributed by atoms with Gasteiger partial charge in [0.2, 0.25) is 5.69 Å². The maximum Gasteiger partial charge on any atom is 0.260 e. The second-order valence-corrected chi connectivity index (χ2v) is 4.51. The van der Waals surface area contributed by atoms with E-state index in [4.69, 9.17) is 0 Å². The van der Waals surface area contributed by atoms with E-state index in [1.54, 1.807) is 11.3 Å². The van der Waals surface area contributed by atoms with Crippen molar-refractivity contribution in [2.24, 2.45) is 0 Å². The van der Waals surface area contributed by atoms with Gasteiger partial charge in [0.05, 0.1) is 0 Å². The van der Waals surface area contributed by atoms with Gasteiger partial charge in [-0.25, -0.2) is 0 Å². The molecule has 0 atom stereocenters. The lowest BCUT2D eigenvalue weighted by atomic mass is 10.2. The van der Waals surface area contributed by atoms with E-state index in [9.17, 15) is 0 Å². The molecule has 0 saturated carbocycles. The molecule has 0 amide bonds. The molecule has 3 heteroatoms. The van der Waals surface area contributed by atoms with E-state index in [-0.39, 0.29) is 0 Å². The van der Waals surface area contributed by atoms with Crippen molar-refractivity contribution in [1.29, 1.82) is 0 Å². The van der Waals surface area contributed by atoms with Crippen LogP contribution in [0.4, 0.5) is 0 Å². The molecule has 1 heterocycles. The van der Waals surface area contributed by atoms with Crippen LogP contribution in [0.1, 0.15) is 0 Å². The molecule has 0 saturated heterocycles. The van der Waals surface area contributed by atoms with Crippen LogP contribution < -0.4 is 4.68 Å². The van der Waals surface area contributed by atoms with E-state index in [1.165, 1.54) is 0 Å². The topological polar surface area (TPSA) is 16.8 Å². The monoisotopic (exact) mass is 239 g/mol. The van der Waals surface area contributed by atoms with Crippen molar-refractivity contribution in [3.05, 3.63) is 66.2 Å². The van der Waals surface area contributed by atoms with E-state index in [1.807, 2.05) is 46.6 Å². The Bertz CT molecular complexity index is 548. The van der Waals surface area contributed by atoms with Crippen molar-refractivity contribution < 1.29 is 4.68 Å². The molecule has 3 aromatic rings. The molecular formula is C14H11N2S+. The van der Waals surface area contributed by atoms with Crippen LogP contribution in [0, 0.1) is 0 Å². The summed E-state index contributed by atoms with van der Waals surface area (Å²) in [5.74, 6) is 0. The number of nitrogens with zero attached hydrogens (tertiary/aromatic N) is 2. The lowest BCUT2D eigenvalue weighted by Crippen LogP contribution is -2.31. The minimum atomic E-state index is 1.04. The normalized spacial score (nSPS) is 10.4. The van der Waals surface area contributed by atoms with Crippen LogP contribution in [-0.4, -0.2) is 5.10 Å². The van der Waals surface area contributed by atoms with Crippen molar-refractivity contribution in [3.8, 4) is 16.3 Å². The Hall–Kier alpha value is -2.00. The summed E-state index contributed by atoms with van der Waals surface area (Å²) in [7, 11) is 0. The molecule has 0 spiro atoms. The fourth-order valence-corrected chi connectivity index (χ4v) is 2.43. The molecule has 0 N–H and O–H groups in total. The smallest absolute Gasteiger partial charge is 0.0622 e. The number of hydrogen-bond donors (Lipinski definition) is 0. The first kappa shape index (κ1) is 10.2. The molecule has 0 aliphatic heterocycles. The van der Waals surface area contributed by atoms with Crippen LogP contribution in [0.2, 0.25) is 0 Å². The van der Waals surface area contributed by atoms with Gasteiger partial charge in [0, 0.05) is 22.8 Å². The van der Waals surface area contributed by atoms with Gasteiger partial charge in [0.1, 0.15) is 0 Å². The average molecular weight is 239 g/mol. The summed E-state index contributed by atoms with van der Waals surface area (Å²) < 4.78 is 1.91. The zero-order chi connectivity index (χ0) is 11.5. The molecule has 2 aromatic carbocycles. The van der Waals surface area contributed by atoms with Crippen LogP contribution in [0.5, 0.6) is 0 Å².